The molecule has 0 aromatic heterocycles. The third kappa shape index (κ3) is 5.91. The standard InChI is InChI=1S/C15H21N3O3.ClH/c16-15(20)11-3-5-13(6-4-11)21-9-7-14(19)18-12-2-1-8-17-10-12;/h3-6,12,17H,1-2,7-10H2,(H2,16,20)(H,18,19);1H. The number of amides is 2. The van der Waals surface area contributed by atoms with Gasteiger partial charge in [-0.3, -0.25) is 9.59 Å². The van der Waals surface area contributed by atoms with Gasteiger partial charge >= 0.3 is 0 Å². The zero-order valence-electron chi connectivity index (χ0n) is 12.3. The number of hydrogen-bond donors (Lipinski definition) is 3. The van der Waals surface area contributed by atoms with E-state index < -0.39 is 5.91 Å². The lowest BCUT2D eigenvalue weighted by molar-refractivity contribution is -0.122. The second-order valence-electron chi connectivity index (χ2n) is 5.10. The molecule has 22 heavy (non-hydrogen) atoms. The third-order valence-electron chi connectivity index (χ3n) is 3.40. The Hall–Kier alpha value is -1.79. The summed E-state index contributed by atoms with van der Waals surface area (Å²) in [5, 5.41) is 6.24. The van der Waals surface area contributed by atoms with Crippen molar-refractivity contribution in [3.8, 4) is 5.75 Å². The summed E-state index contributed by atoms with van der Waals surface area (Å²) in [7, 11) is 0. The first-order chi connectivity index (χ1) is 10.1. The Morgan fingerprint density at radius 2 is 2.05 bits per heavy atom. The average Bonchev–Trinajstić information content (AvgIpc) is 2.49. The Morgan fingerprint density at radius 1 is 1.32 bits per heavy atom. The van der Waals surface area contributed by atoms with Gasteiger partial charge in [-0.05, 0) is 43.7 Å². The molecule has 1 fully saturated rings. The van der Waals surface area contributed by atoms with Crippen molar-refractivity contribution in [1.29, 1.82) is 0 Å². The Morgan fingerprint density at radius 3 is 2.64 bits per heavy atom. The minimum Gasteiger partial charge on any atom is -0.493 e. The zero-order valence-corrected chi connectivity index (χ0v) is 13.2. The Labute approximate surface area is 136 Å². The molecule has 0 saturated carbocycles. The highest BCUT2D eigenvalue weighted by Gasteiger charge is 2.14. The summed E-state index contributed by atoms with van der Waals surface area (Å²) in [6, 6.07) is 6.77. The number of benzene rings is 1. The molecule has 6 nitrogen and oxygen atoms in total. The van der Waals surface area contributed by atoms with Gasteiger partial charge in [0.1, 0.15) is 5.75 Å². The number of rotatable bonds is 6. The van der Waals surface area contributed by atoms with Crippen LogP contribution in [0.4, 0.5) is 0 Å². The van der Waals surface area contributed by atoms with Crippen molar-refractivity contribution >= 4 is 24.2 Å². The van der Waals surface area contributed by atoms with E-state index in [4.69, 9.17) is 10.5 Å². The van der Waals surface area contributed by atoms with Gasteiger partial charge in [0.15, 0.2) is 0 Å². The van der Waals surface area contributed by atoms with Crippen LogP contribution in [0, 0.1) is 0 Å². The number of primary amides is 1. The van der Waals surface area contributed by atoms with Crippen LogP contribution in [0.3, 0.4) is 0 Å². The fraction of sp³-hybridized carbons (Fsp3) is 0.467. The van der Waals surface area contributed by atoms with Crippen LogP contribution < -0.4 is 21.1 Å². The van der Waals surface area contributed by atoms with Gasteiger partial charge in [-0.25, -0.2) is 0 Å². The number of nitrogens with two attached hydrogens (primary N) is 1. The molecule has 1 saturated heterocycles. The zero-order chi connectivity index (χ0) is 15.1. The van der Waals surface area contributed by atoms with E-state index in [1.165, 1.54) is 0 Å². The Balaban J connectivity index is 0.00000242. The highest BCUT2D eigenvalue weighted by molar-refractivity contribution is 5.92. The van der Waals surface area contributed by atoms with E-state index in [1.54, 1.807) is 24.3 Å². The van der Waals surface area contributed by atoms with Crippen LogP contribution in [-0.4, -0.2) is 37.6 Å². The van der Waals surface area contributed by atoms with Gasteiger partial charge in [0.25, 0.3) is 0 Å². The third-order valence-corrected chi connectivity index (χ3v) is 3.40. The van der Waals surface area contributed by atoms with E-state index in [0.717, 1.165) is 25.9 Å². The summed E-state index contributed by atoms with van der Waals surface area (Å²) in [6.07, 6.45) is 2.43. The Kier molecular flexibility index (Phi) is 7.70. The van der Waals surface area contributed by atoms with Gasteiger partial charge in [-0.15, -0.1) is 12.4 Å². The lowest BCUT2D eigenvalue weighted by Crippen LogP contribution is -2.45. The summed E-state index contributed by atoms with van der Waals surface area (Å²) in [6.45, 7) is 2.17. The van der Waals surface area contributed by atoms with Crippen molar-refractivity contribution in [2.75, 3.05) is 19.7 Å². The molecular weight excluding hydrogens is 306 g/mol. The molecule has 0 radical (unpaired) electrons. The van der Waals surface area contributed by atoms with E-state index in [0.29, 0.717) is 24.3 Å². The molecule has 0 bridgehead atoms. The van der Waals surface area contributed by atoms with Crippen molar-refractivity contribution in [1.82, 2.24) is 10.6 Å². The summed E-state index contributed by atoms with van der Waals surface area (Å²) in [4.78, 5) is 22.7. The molecule has 1 aliphatic rings. The highest BCUT2D eigenvalue weighted by Crippen LogP contribution is 2.12. The van der Waals surface area contributed by atoms with Crippen LogP contribution in [0.1, 0.15) is 29.6 Å². The summed E-state index contributed by atoms with van der Waals surface area (Å²) < 4.78 is 5.47. The maximum atomic E-state index is 11.8. The molecule has 1 heterocycles. The lowest BCUT2D eigenvalue weighted by Gasteiger charge is -2.23. The molecule has 1 aromatic rings. The number of hydrogen-bond acceptors (Lipinski definition) is 4. The first-order valence-corrected chi connectivity index (χ1v) is 7.18. The van der Waals surface area contributed by atoms with Gasteiger partial charge < -0.3 is 21.1 Å². The number of nitrogens with one attached hydrogen (secondary N) is 2. The molecule has 7 heteroatoms. The van der Waals surface area contributed by atoms with Gasteiger partial charge in [0.2, 0.25) is 11.8 Å². The second kappa shape index (κ2) is 9.27. The van der Waals surface area contributed by atoms with E-state index >= 15 is 0 Å². The van der Waals surface area contributed by atoms with E-state index in [-0.39, 0.29) is 24.4 Å². The molecule has 1 atom stereocenters. The number of carbonyl (C=O) groups is 2. The van der Waals surface area contributed by atoms with E-state index in [2.05, 4.69) is 10.6 Å². The maximum absolute atomic E-state index is 11.8. The smallest absolute Gasteiger partial charge is 0.248 e. The molecule has 2 amide bonds. The minimum atomic E-state index is -0.470. The average molecular weight is 328 g/mol. The van der Waals surface area contributed by atoms with Gasteiger partial charge in [0, 0.05) is 18.2 Å². The first kappa shape index (κ1) is 18.3. The number of carbonyl (C=O) groups excluding carboxylic acids is 2. The van der Waals surface area contributed by atoms with Crippen LogP contribution in [0.15, 0.2) is 24.3 Å². The summed E-state index contributed by atoms with van der Waals surface area (Å²) in [5.74, 6) is 0.145. The lowest BCUT2D eigenvalue weighted by atomic mass is 10.1. The van der Waals surface area contributed by atoms with Crippen molar-refractivity contribution < 1.29 is 14.3 Å². The second-order valence-corrected chi connectivity index (χ2v) is 5.10. The van der Waals surface area contributed by atoms with E-state index in [9.17, 15) is 9.59 Å². The quantitative estimate of drug-likeness (QED) is 0.722. The van der Waals surface area contributed by atoms with Crippen LogP contribution in [0.5, 0.6) is 5.75 Å². The highest BCUT2D eigenvalue weighted by atomic mass is 35.5. The number of halogens is 1. The number of ether oxygens (including phenoxy) is 1. The molecule has 4 N–H and O–H groups in total. The van der Waals surface area contributed by atoms with Gasteiger partial charge in [-0.1, -0.05) is 0 Å². The number of piperidine rings is 1. The monoisotopic (exact) mass is 327 g/mol. The molecule has 122 valence electrons. The van der Waals surface area contributed by atoms with Crippen molar-refractivity contribution in [2.24, 2.45) is 5.73 Å². The van der Waals surface area contributed by atoms with Crippen LogP contribution in [0.2, 0.25) is 0 Å². The Bertz CT molecular complexity index is 487. The molecule has 1 unspecified atom stereocenters. The van der Waals surface area contributed by atoms with Crippen molar-refractivity contribution in [2.45, 2.75) is 25.3 Å². The van der Waals surface area contributed by atoms with Crippen LogP contribution in [0.25, 0.3) is 0 Å². The molecule has 0 aliphatic carbocycles. The summed E-state index contributed by atoms with van der Waals surface area (Å²) in [5.41, 5.74) is 5.59. The molecular formula is C15H22ClN3O3. The SMILES string of the molecule is Cl.NC(=O)c1ccc(OCCC(=O)NC2CCCNC2)cc1. The van der Waals surface area contributed by atoms with E-state index in [1.807, 2.05) is 0 Å². The predicted octanol–water partition coefficient (Wildman–Crippen LogP) is 0.844. The van der Waals surface area contributed by atoms with Crippen LogP contribution >= 0.6 is 12.4 Å². The van der Waals surface area contributed by atoms with Gasteiger partial charge in [-0.2, -0.15) is 0 Å². The van der Waals surface area contributed by atoms with Crippen molar-refractivity contribution in [3.05, 3.63) is 29.8 Å². The summed E-state index contributed by atoms with van der Waals surface area (Å²) >= 11 is 0. The van der Waals surface area contributed by atoms with Crippen molar-refractivity contribution in [3.63, 3.8) is 0 Å². The minimum absolute atomic E-state index is 0. The first-order valence-electron chi connectivity index (χ1n) is 7.18. The molecule has 2 rings (SSSR count). The predicted molar refractivity (Wildman–Crippen MR) is 86.4 cm³/mol. The molecule has 1 aromatic carbocycles. The largest absolute Gasteiger partial charge is 0.493 e. The fourth-order valence-electron chi connectivity index (χ4n) is 2.25. The molecule has 0 spiro atoms. The van der Waals surface area contributed by atoms with Crippen LogP contribution in [-0.2, 0) is 4.79 Å². The fourth-order valence-corrected chi connectivity index (χ4v) is 2.25. The normalized spacial score (nSPS) is 17.2. The molecule has 1 aliphatic heterocycles. The topological polar surface area (TPSA) is 93.5 Å². The van der Waals surface area contributed by atoms with Gasteiger partial charge in [0.05, 0.1) is 13.0 Å². The maximum Gasteiger partial charge on any atom is 0.248 e.